The van der Waals surface area contributed by atoms with Gasteiger partial charge in [-0.3, -0.25) is 4.79 Å². The second-order valence-electron chi connectivity index (χ2n) is 4.22. The smallest absolute Gasteiger partial charge is 0.234 e. The lowest BCUT2D eigenvalue weighted by atomic mass is 10.4. The van der Waals surface area contributed by atoms with E-state index in [-0.39, 0.29) is 18.2 Å². The second kappa shape index (κ2) is 6.93. The Labute approximate surface area is 103 Å². The maximum absolute atomic E-state index is 11.3. The molecule has 0 saturated heterocycles. The van der Waals surface area contributed by atoms with Crippen molar-refractivity contribution in [1.82, 2.24) is 15.4 Å². The minimum Gasteiger partial charge on any atom is -0.354 e. The molecule has 0 heterocycles. The van der Waals surface area contributed by atoms with Crippen molar-refractivity contribution >= 4 is 15.9 Å². The summed E-state index contributed by atoms with van der Waals surface area (Å²) in [6.07, 6.45) is 2.51. The van der Waals surface area contributed by atoms with E-state index in [1.165, 1.54) is 12.8 Å². The van der Waals surface area contributed by atoms with Crippen LogP contribution in [0.15, 0.2) is 0 Å². The van der Waals surface area contributed by atoms with Crippen molar-refractivity contribution in [3.8, 4) is 0 Å². The first-order valence-electron chi connectivity index (χ1n) is 5.98. The first-order valence-corrected chi connectivity index (χ1v) is 7.63. The van der Waals surface area contributed by atoms with Crippen LogP contribution in [0, 0.1) is 5.92 Å². The van der Waals surface area contributed by atoms with Gasteiger partial charge in [0, 0.05) is 13.1 Å². The van der Waals surface area contributed by atoms with Gasteiger partial charge in [0.05, 0.1) is 12.3 Å². The highest BCUT2D eigenvalue weighted by molar-refractivity contribution is 7.89. The number of nitrogens with one attached hydrogen (secondary N) is 3. The van der Waals surface area contributed by atoms with Gasteiger partial charge in [-0.25, -0.2) is 13.1 Å². The van der Waals surface area contributed by atoms with Crippen molar-refractivity contribution in [3.05, 3.63) is 0 Å². The van der Waals surface area contributed by atoms with Crippen LogP contribution in [0.25, 0.3) is 0 Å². The number of rotatable bonds is 9. The quantitative estimate of drug-likeness (QED) is 0.468. The Morgan fingerprint density at radius 2 is 2.00 bits per heavy atom. The summed E-state index contributed by atoms with van der Waals surface area (Å²) in [5.74, 6) is 0.713. The topological polar surface area (TPSA) is 87.3 Å². The van der Waals surface area contributed by atoms with Crippen LogP contribution in [0.4, 0.5) is 0 Å². The summed E-state index contributed by atoms with van der Waals surface area (Å²) in [5.41, 5.74) is 0. The van der Waals surface area contributed by atoms with Crippen LogP contribution in [-0.2, 0) is 14.8 Å². The van der Waals surface area contributed by atoms with E-state index in [1.807, 2.05) is 0 Å². The molecule has 0 aromatic rings. The van der Waals surface area contributed by atoms with Crippen molar-refractivity contribution in [2.45, 2.75) is 19.8 Å². The highest BCUT2D eigenvalue weighted by Gasteiger charge is 2.20. The third kappa shape index (κ3) is 7.30. The third-order valence-electron chi connectivity index (χ3n) is 2.56. The lowest BCUT2D eigenvalue weighted by Gasteiger charge is -2.07. The van der Waals surface area contributed by atoms with E-state index in [2.05, 4.69) is 15.4 Å². The second-order valence-corrected chi connectivity index (χ2v) is 6.32. The zero-order valence-corrected chi connectivity index (χ0v) is 11.0. The lowest BCUT2D eigenvalue weighted by Crippen LogP contribution is -2.39. The Balaban J connectivity index is 1.95. The normalized spacial score (nSPS) is 15.8. The van der Waals surface area contributed by atoms with E-state index in [0.29, 0.717) is 13.1 Å². The van der Waals surface area contributed by atoms with E-state index in [0.717, 1.165) is 12.5 Å². The zero-order valence-electron chi connectivity index (χ0n) is 10.2. The average molecular weight is 263 g/mol. The summed E-state index contributed by atoms with van der Waals surface area (Å²) in [5, 5.41) is 5.71. The van der Waals surface area contributed by atoms with Crippen molar-refractivity contribution in [3.63, 3.8) is 0 Å². The molecule has 1 saturated carbocycles. The minimum absolute atomic E-state index is 0.0594. The first-order chi connectivity index (χ1) is 8.03. The highest BCUT2D eigenvalue weighted by Crippen LogP contribution is 2.27. The van der Waals surface area contributed by atoms with Crippen molar-refractivity contribution in [2.24, 2.45) is 5.92 Å². The monoisotopic (exact) mass is 263 g/mol. The summed E-state index contributed by atoms with van der Waals surface area (Å²) in [7, 11) is -3.15. The maximum atomic E-state index is 11.3. The molecule has 7 heteroatoms. The van der Waals surface area contributed by atoms with E-state index >= 15 is 0 Å². The molecule has 0 unspecified atom stereocenters. The third-order valence-corrected chi connectivity index (χ3v) is 3.97. The Morgan fingerprint density at radius 3 is 2.59 bits per heavy atom. The van der Waals surface area contributed by atoms with Crippen molar-refractivity contribution < 1.29 is 13.2 Å². The van der Waals surface area contributed by atoms with Gasteiger partial charge in [-0.05, 0) is 32.2 Å². The van der Waals surface area contributed by atoms with Gasteiger partial charge in [-0.2, -0.15) is 0 Å². The van der Waals surface area contributed by atoms with Gasteiger partial charge in [0.1, 0.15) is 0 Å². The Hall–Kier alpha value is -0.660. The summed E-state index contributed by atoms with van der Waals surface area (Å²) < 4.78 is 24.5. The average Bonchev–Trinajstić information content (AvgIpc) is 3.08. The van der Waals surface area contributed by atoms with Gasteiger partial charge in [-0.1, -0.05) is 0 Å². The summed E-state index contributed by atoms with van der Waals surface area (Å²) in [6.45, 7) is 3.34. The molecule has 1 aliphatic rings. The van der Waals surface area contributed by atoms with Crippen LogP contribution in [-0.4, -0.2) is 46.3 Å². The van der Waals surface area contributed by atoms with Gasteiger partial charge in [-0.15, -0.1) is 0 Å². The molecule has 0 aromatic carbocycles. The Morgan fingerprint density at radius 1 is 1.29 bits per heavy atom. The fourth-order valence-corrected chi connectivity index (χ4v) is 1.90. The molecular weight excluding hydrogens is 242 g/mol. The predicted molar refractivity (Wildman–Crippen MR) is 66.1 cm³/mol. The molecule has 0 radical (unpaired) electrons. The summed E-state index contributed by atoms with van der Waals surface area (Å²) >= 11 is 0. The van der Waals surface area contributed by atoms with Gasteiger partial charge < -0.3 is 10.6 Å². The molecule has 100 valence electrons. The van der Waals surface area contributed by atoms with Crippen LogP contribution in [0.5, 0.6) is 0 Å². The zero-order chi connectivity index (χ0) is 12.7. The summed E-state index contributed by atoms with van der Waals surface area (Å²) in [4.78, 5) is 11.3. The standard InChI is InChI=1S/C10H21N3O3S/c1-2-17(15,16)13-6-5-12-10(14)8-11-7-9-3-4-9/h9,11,13H,2-8H2,1H3,(H,12,14). The predicted octanol–water partition coefficient (Wildman–Crippen LogP) is -0.958. The molecular formula is C10H21N3O3S. The fraction of sp³-hybridized carbons (Fsp3) is 0.900. The van der Waals surface area contributed by atoms with Crippen LogP contribution < -0.4 is 15.4 Å². The molecule has 0 bridgehead atoms. The van der Waals surface area contributed by atoms with Crippen LogP contribution in [0.1, 0.15) is 19.8 Å². The number of carbonyl (C=O) groups is 1. The van der Waals surface area contributed by atoms with Crippen LogP contribution >= 0.6 is 0 Å². The van der Waals surface area contributed by atoms with E-state index in [1.54, 1.807) is 6.92 Å². The lowest BCUT2D eigenvalue weighted by molar-refractivity contribution is -0.120. The molecule has 6 nitrogen and oxygen atoms in total. The molecule has 1 rings (SSSR count). The molecule has 0 aliphatic heterocycles. The molecule has 0 aromatic heterocycles. The van der Waals surface area contributed by atoms with Gasteiger partial charge in [0.15, 0.2) is 0 Å². The first kappa shape index (κ1) is 14.4. The summed E-state index contributed by atoms with van der Waals surface area (Å²) in [6, 6.07) is 0. The van der Waals surface area contributed by atoms with Crippen LogP contribution in [0.3, 0.4) is 0 Å². The minimum atomic E-state index is -3.15. The van der Waals surface area contributed by atoms with Gasteiger partial charge in [0.25, 0.3) is 0 Å². The Kier molecular flexibility index (Phi) is 5.87. The van der Waals surface area contributed by atoms with Crippen molar-refractivity contribution in [2.75, 3.05) is 31.9 Å². The molecule has 0 atom stereocenters. The molecule has 1 amide bonds. The molecule has 3 N–H and O–H groups in total. The van der Waals surface area contributed by atoms with Gasteiger partial charge in [0.2, 0.25) is 15.9 Å². The fourth-order valence-electron chi connectivity index (χ4n) is 1.28. The molecule has 0 spiro atoms. The van der Waals surface area contributed by atoms with E-state index < -0.39 is 10.0 Å². The molecule has 17 heavy (non-hydrogen) atoms. The number of hydrogen-bond acceptors (Lipinski definition) is 4. The van der Waals surface area contributed by atoms with Crippen LogP contribution in [0.2, 0.25) is 0 Å². The Bertz CT molecular complexity index is 339. The number of carbonyl (C=O) groups excluding carboxylic acids is 1. The molecule has 1 aliphatic carbocycles. The molecule has 1 fully saturated rings. The maximum Gasteiger partial charge on any atom is 0.234 e. The number of amides is 1. The number of sulfonamides is 1. The number of hydrogen-bond donors (Lipinski definition) is 3. The highest BCUT2D eigenvalue weighted by atomic mass is 32.2. The van der Waals surface area contributed by atoms with E-state index in [9.17, 15) is 13.2 Å². The van der Waals surface area contributed by atoms with Crippen molar-refractivity contribution in [1.29, 1.82) is 0 Å². The largest absolute Gasteiger partial charge is 0.354 e. The SMILES string of the molecule is CCS(=O)(=O)NCCNC(=O)CNCC1CC1. The van der Waals surface area contributed by atoms with Gasteiger partial charge >= 0.3 is 0 Å². The van der Waals surface area contributed by atoms with E-state index in [4.69, 9.17) is 0 Å².